The zero-order valence-corrected chi connectivity index (χ0v) is 11.8. The first kappa shape index (κ1) is 16.4. The number of nitrogens with zero attached hydrogens (tertiary/aromatic N) is 2. The standard InChI is InChI=1S/C14H16FN3O3/c1-9(2)18(6-5-13(19)20)14(21)17-12-4-3-11(15)7-10(12)8-16/h3-4,7,9H,5-6H2,1-2H3,(H,17,21)(H,19,20). The molecule has 112 valence electrons. The number of anilines is 1. The molecular weight excluding hydrogens is 277 g/mol. The number of carbonyl (C=O) groups excluding carboxylic acids is 1. The highest BCUT2D eigenvalue weighted by atomic mass is 19.1. The fourth-order valence-corrected chi connectivity index (χ4v) is 1.72. The van der Waals surface area contributed by atoms with Crippen molar-refractivity contribution in [2.24, 2.45) is 0 Å². The van der Waals surface area contributed by atoms with Gasteiger partial charge in [-0.2, -0.15) is 5.26 Å². The predicted octanol–water partition coefficient (Wildman–Crippen LogP) is 2.41. The van der Waals surface area contributed by atoms with Crippen molar-refractivity contribution in [2.75, 3.05) is 11.9 Å². The van der Waals surface area contributed by atoms with Gasteiger partial charge in [-0.05, 0) is 32.0 Å². The molecule has 0 heterocycles. The van der Waals surface area contributed by atoms with Crippen molar-refractivity contribution in [1.82, 2.24) is 4.90 Å². The summed E-state index contributed by atoms with van der Waals surface area (Å²) in [5.41, 5.74) is 0.190. The molecule has 0 saturated carbocycles. The highest BCUT2D eigenvalue weighted by molar-refractivity contribution is 5.91. The number of benzene rings is 1. The number of hydrogen-bond donors (Lipinski definition) is 2. The Morgan fingerprint density at radius 3 is 2.67 bits per heavy atom. The van der Waals surface area contributed by atoms with Crippen molar-refractivity contribution >= 4 is 17.7 Å². The van der Waals surface area contributed by atoms with Gasteiger partial charge in [0.05, 0.1) is 17.7 Å². The number of amides is 2. The molecule has 2 N–H and O–H groups in total. The zero-order chi connectivity index (χ0) is 16.0. The van der Waals surface area contributed by atoms with E-state index in [1.165, 1.54) is 11.0 Å². The molecule has 0 spiro atoms. The molecule has 1 aromatic rings. The first-order valence-electron chi connectivity index (χ1n) is 6.34. The van der Waals surface area contributed by atoms with Gasteiger partial charge in [0.1, 0.15) is 11.9 Å². The summed E-state index contributed by atoms with van der Waals surface area (Å²) in [6.45, 7) is 3.54. The van der Waals surface area contributed by atoms with E-state index >= 15 is 0 Å². The number of carboxylic acids is 1. The number of hydrogen-bond acceptors (Lipinski definition) is 3. The summed E-state index contributed by atoms with van der Waals surface area (Å²) in [6.07, 6.45) is -0.180. The maximum Gasteiger partial charge on any atom is 0.322 e. The Morgan fingerprint density at radius 1 is 1.48 bits per heavy atom. The van der Waals surface area contributed by atoms with Crippen LogP contribution in [0.5, 0.6) is 0 Å². The number of rotatable bonds is 5. The second kappa shape index (κ2) is 7.24. The van der Waals surface area contributed by atoms with Gasteiger partial charge in [-0.3, -0.25) is 4.79 Å². The smallest absolute Gasteiger partial charge is 0.322 e. The lowest BCUT2D eigenvalue weighted by atomic mass is 10.2. The SMILES string of the molecule is CC(C)N(CCC(=O)O)C(=O)Nc1ccc(F)cc1C#N. The summed E-state index contributed by atoms with van der Waals surface area (Å²) < 4.78 is 13.0. The largest absolute Gasteiger partial charge is 0.481 e. The Morgan fingerprint density at radius 2 is 2.14 bits per heavy atom. The average molecular weight is 293 g/mol. The van der Waals surface area contributed by atoms with E-state index in [1.54, 1.807) is 19.9 Å². The van der Waals surface area contributed by atoms with Crippen molar-refractivity contribution < 1.29 is 19.1 Å². The summed E-state index contributed by atoms with van der Waals surface area (Å²) in [5, 5.41) is 20.1. The van der Waals surface area contributed by atoms with E-state index in [-0.39, 0.29) is 30.3 Å². The maximum absolute atomic E-state index is 13.0. The molecule has 1 rings (SSSR count). The van der Waals surface area contributed by atoms with Gasteiger partial charge >= 0.3 is 12.0 Å². The molecule has 21 heavy (non-hydrogen) atoms. The third-order valence-corrected chi connectivity index (χ3v) is 2.79. The summed E-state index contributed by atoms with van der Waals surface area (Å²) in [7, 11) is 0. The summed E-state index contributed by atoms with van der Waals surface area (Å²) in [6, 6.07) is 4.49. The van der Waals surface area contributed by atoms with Crippen molar-refractivity contribution in [3.8, 4) is 6.07 Å². The molecule has 0 saturated heterocycles. The second-order valence-corrected chi connectivity index (χ2v) is 4.66. The minimum atomic E-state index is -1.01. The molecule has 0 bridgehead atoms. The molecule has 0 unspecified atom stereocenters. The first-order chi connectivity index (χ1) is 9.85. The van der Waals surface area contributed by atoms with Gasteiger partial charge in [0.2, 0.25) is 0 Å². The van der Waals surface area contributed by atoms with E-state index in [0.29, 0.717) is 0 Å². The Bertz CT molecular complexity index is 581. The lowest BCUT2D eigenvalue weighted by Crippen LogP contribution is -2.41. The van der Waals surface area contributed by atoms with Crippen LogP contribution in [0.4, 0.5) is 14.9 Å². The van der Waals surface area contributed by atoms with Crippen LogP contribution < -0.4 is 5.32 Å². The van der Waals surface area contributed by atoms with Gasteiger partial charge in [-0.15, -0.1) is 0 Å². The maximum atomic E-state index is 13.0. The van der Waals surface area contributed by atoms with E-state index in [4.69, 9.17) is 10.4 Å². The molecular formula is C14H16FN3O3. The Balaban J connectivity index is 2.87. The average Bonchev–Trinajstić information content (AvgIpc) is 2.40. The third kappa shape index (κ3) is 4.76. The fraction of sp³-hybridized carbons (Fsp3) is 0.357. The lowest BCUT2D eigenvalue weighted by Gasteiger charge is -2.26. The number of nitrogens with one attached hydrogen (secondary N) is 1. The second-order valence-electron chi connectivity index (χ2n) is 4.66. The van der Waals surface area contributed by atoms with E-state index in [1.807, 2.05) is 0 Å². The molecule has 0 radical (unpaired) electrons. The van der Waals surface area contributed by atoms with E-state index < -0.39 is 17.8 Å². The third-order valence-electron chi connectivity index (χ3n) is 2.79. The van der Waals surface area contributed by atoms with Crippen LogP contribution in [0.15, 0.2) is 18.2 Å². The Hall–Kier alpha value is -2.62. The molecule has 1 aromatic carbocycles. The normalized spacial score (nSPS) is 10.0. The zero-order valence-electron chi connectivity index (χ0n) is 11.8. The summed E-state index contributed by atoms with van der Waals surface area (Å²) in [4.78, 5) is 24.1. The topological polar surface area (TPSA) is 93.4 Å². The van der Waals surface area contributed by atoms with Crippen LogP contribution in [-0.4, -0.2) is 34.6 Å². The van der Waals surface area contributed by atoms with Crippen molar-refractivity contribution in [2.45, 2.75) is 26.3 Å². The number of carbonyl (C=O) groups is 2. The molecule has 0 atom stereocenters. The Labute approximate surface area is 121 Å². The van der Waals surface area contributed by atoms with Gasteiger partial charge in [0, 0.05) is 12.6 Å². The number of aliphatic carboxylic acids is 1. The summed E-state index contributed by atoms with van der Waals surface area (Å²) >= 11 is 0. The van der Waals surface area contributed by atoms with E-state index in [2.05, 4.69) is 5.32 Å². The number of urea groups is 1. The minimum absolute atomic E-state index is 0.00490. The van der Waals surface area contributed by atoms with Crippen LogP contribution in [0.1, 0.15) is 25.8 Å². The van der Waals surface area contributed by atoms with Crippen LogP contribution in [0, 0.1) is 17.1 Å². The molecule has 2 amide bonds. The fourth-order valence-electron chi connectivity index (χ4n) is 1.72. The minimum Gasteiger partial charge on any atom is -0.481 e. The van der Waals surface area contributed by atoms with Crippen molar-refractivity contribution in [1.29, 1.82) is 5.26 Å². The first-order valence-corrected chi connectivity index (χ1v) is 6.34. The molecule has 0 aliphatic heterocycles. The van der Waals surface area contributed by atoms with Gasteiger partial charge in [-0.1, -0.05) is 0 Å². The number of carboxylic acid groups (broad SMARTS) is 1. The monoisotopic (exact) mass is 293 g/mol. The van der Waals surface area contributed by atoms with E-state index in [9.17, 15) is 14.0 Å². The van der Waals surface area contributed by atoms with Crippen LogP contribution in [0.2, 0.25) is 0 Å². The molecule has 6 nitrogen and oxygen atoms in total. The van der Waals surface area contributed by atoms with Crippen LogP contribution in [0.25, 0.3) is 0 Å². The molecule has 0 fully saturated rings. The van der Waals surface area contributed by atoms with Gasteiger partial charge in [0.15, 0.2) is 0 Å². The Kier molecular flexibility index (Phi) is 5.67. The molecule has 0 aliphatic rings. The van der Waals surface area contributed by atoms with Crippen LogP contribution in [-0.2, 0) is 4.79 Å². The van der Waals surface area contributed by atoms with Crippen molar-refractivity contribution in [3.63, 3.8) is 0 Å². The van der Waals surface area contributed by atoms with Crippen LogP contribution in [0.3, 0.4) is 0 Å². The highest BCUT2D eigenvalue weighted by Crippen LogP contribution is 2.17. The quantitative estimate of drug-likeness (QED) is 0.871. The lowest BCUT2D eigenvalue weighted by molar-refractivity contribution is -0.137. The van der Waals surface area contributed by atoms with E-state index in [0.717, 1.165) is 12.1 Å². The van der Waals surface area contributed by atoms with Crippen LogP contribution >= 0.6 is 0 Å². The molecule has 0 aromatic heterocycles. The highest BCUT2D eigenvalue weighted by Gasteiger charge is 2.19. The van der Waals surface area contributed by atoms with Gasteiger partial charge in [0.25, 0.3) is 0 Å². The summed E-state index contributed by atoms with van der Waals surface area (Å²) in [5.74, 6) is -1.58. The predicted molar refractivity (Wildman–Crippen MR) is 74.2 cm³/mol. The molecule has 0 aliphatic carbocycles. The molecule has 7 heteroatoms. The van der Waals surface area contributed by atoms with Crippen molar-refractivity contribution in [3.05, 3.63) is 29.6 Å². The number of halogens is 1. The van der Waals surface area contributed by atoms with Gasteiger partial charge in [-0.25, -0.2) is 9.18 Å². The number of nitriles is 1. The van der Waals surface area contributed by atoms with Gasteiger partial charge < -0.3 is 15.3 Å².